The van der Waals surface area contributed by atoms with Crippen LogP contribution in [-0.4, -0.2) is 15.7 Å². The molecule has 1 amide bonds. The van der Waals surface area contributed by atoms with E-state index in [4.69, 9.17) is 0 Å². The molecular weight excluding hydrogens is 240 g/mol. The van der Waals surface area contributed by atoms with E-state index in [-0.39, 0.29) is 5.91 Å². The fraction of sp³-hybridized carbons (Fsp3) is 0.643. The molecule has 0 saturated carbocycles. The zero-order valence-electron chi connectivity index (χ0n) is 12.2. The van der Waals surface area contributed by atoms with Crippen LogP contribution in [0.25, 0.3) is 0 Å². The van der Waals surface area contributed by atoms with Gasteiger partial charge < -0.3 is 5.32 Å². The number of aryl methyl sites for hydroxylation is 2. The van der Waals surface area contributed by atoms with E-state index < -0.39 is 5.41 Å². The van der Waals surface area contributed by atoms with E-state index in [1.54, 1.807) is 17.9 Å². The number of amides is 1. The number of nitrogens with one attached hydrogen (secondary N) is 1. The number of nitriles is 1. The molecule has 0 saturated heterocycles. The Balaban J connectivity index is 2.95. The fourth-order valence-electron chi connectivity index (χ4n) is 2.33. The molecule has 0 bridgehead atoms. The summed E-state index contributed by atoms with van der Waals surface area (Å²) in [6.07, 6.45) is 4.55. The van der Waals surface area contributed by atoms with E-state index in [9.17, 15) is 10.1 Å². The monoisotopic (exact) mass is 262 g/mol. The number of anilines is 1. The van der Waals surface area contributed by atoms with Crippen LogP contribution in [0, 0.1) is 23.7 Å². The van der Waals surface area contributed by atoms with Gasteiger partial charge in [0.2, 0.25) is 5.91 Å². The van der Waals surface area contributed by atoms with Crippen LogP contribution in [-0.2, 0) is 11.8 Å². The summed E-state index contributed by atoms with van der Waals surface area (Å²) in [5, 5.41) is 16.5. The Morgan fingerprint density at radius 3 is 2.42 bits per heavy atom. The molecule has 104 valence electrons. The SMILES string of the molecule is CCCC(C#N)(CCC)C(=O)Nc1cn(C)nc1C. The molecule has 0 aromatic carbocycles. The van der Waals surface area contributed by atoms with Gasteiger partial charge >= 0.3 is 0 Å². The van der Waals surface area contributed by atoms with Crippen molar-refractivity contribution in [1.29, 1.82) is 5.26 Å². The number of carbonyl (C=O) groups excluding carboxylic acids is 1. The Morgan fingerprint density at radius 1 is 1.47 bits per heavy atom. The summed E-state index contributed by atoms with van der Waals surface area (Å²) in [4.78, 5) is 12.4. The molecule has 1 aromatic rings. The van der Waals surface area contributed by atoms with Crippen molar-refractivity contribution in [3.8, 4) is 6.07 Å². The molecule has 0 spiro atoms. The molecule has 0 aliphatic carbocycles. The van der Waals surface area contributed by atoms with Gasteiger partial charge in [-0.3, -0.25) is 9.48 Å². The quantitative estimate of drug-likeness (QED) is 0.857. The van der Waals surface area contributed by atoms with Gasteiger partial charge in [0, 0.05) is 13.2 Å². The molecule has 5 heteroatoms. The number of aromatic nitrogens is 2. The van der Waals surface area contributed by atoms with Crippen LogP contribution >= 0.6 is 0 Å². The minimum absolute atomic E-state index is 0.213. The van der Waals surface area contributed by atoms with Crippen molar-refractivity contribution in [3.63, 3.8) is 0 Å². The summed E-state index contributed by atoms with van der Waals surface area (Å²) in [5.41, 5.74) is 0.515. The lowest BCUT2D eigenvalue weighted by molar-refractivity contribution is -0.123. The lowest BCUT2D eigenvalue weighted by atomic mass is 9.79. The van der Waals surface area contributed by atoms with Crippen LogP contribution < -0.4 is 5.32 Å². The maximum absolute atomic E-state index is 12.4. The highest BCUT2D eigenvalue weighted by Gasteiger charge is 2.37. The topological polar surface area (TPSA) is 70.7 Å². The van der Waals surface area contributed by atoms with Gasteiger partial charge in [-0.1, -0.05) is 26.7 Å². The third kappa shape index (κ3) is 3.34. The van der Waals surface area contributed by atoms with Crippen molar-refractivity contribution in [1.82, 2.24) is 9.78 Å². The first-order valence-electron chi connectivity index (χ1n) is 6.72. The molecule has 1 heterocycles. The Labute approximate surface area is 114 Å². The Bertz CT molecular complexity index is 478. The molecule has 1 rings (SSSR count). The average Bonchev–Trinajstić information content (AvgIpc) is 2.67. The molecule has 0 fully saturated rings. The first kappa shape index (κ1) is 15.2. The summed E-state index contributed by atoms with van der Waals surface area (Å²) in [6, 6.07) is 2.22. The van der Waals surface area contributed by atoms with Crippen LogP contribution in [0.5, 0.6) is 0 Å². The normalized spacial score (nSPS) is 11.1. The molecule has 0 aliphatic rings. The zero-order valence-corrected chi connectivity index (χ0v) is 12.2. The van der Waals surface area contributed by atoms with Gasteiger partial charge in [-0.15, -0.1) is 0 Å². The first-order chi connectivity index (χ1) is 8.99. The summed E-state index contributed by atoms with van der Waals surface area (Å²) < 4.78 is 1.65. The highest BCUT2D eigenvalue weighted by atomic mass is 16.2. The van der Waals surface area contributed by atoms with Gasteiger partial charge in [0.1, 0.15) is 5.41 Å². The van der Waals surface area contributed by atoms with Gasteiger partial charge in [-0.25, -0.2) is 0 Å². The number of nitrogens with zero attached hydrogens (tertiary/aromatic N) is 3. The van der Waals surface area contributed by atoms with E-state index >= 15 is 0 Å². The van der Waals surface area contributed by atoms with Crippen molar-refractivity contribution in [2.75, 3.05) is 5.32 Å². The summed E-state index contributed by atoms with van der Waals surface area (Å²) in [6.45, 7) is 5.82. The molecular formula is C14H22N4O. The number of hydrogen-bond acceptors (Lipinski definition) is 3. The predicted molar refractivity (Wildman–Crippen MR) is 74.4 cm³/mol. The van der Waals surface area contributed by atoms with Gasteiger partial charge in [0.25, 0.3) is 0 Å². The molecule has 1 aromatic heterocycles. The second-order valence-corrected chi connectivity index (χ2v) is 4.95. The van der Waals surface area contributed by atoms with Gasteiger partial charge in [0.05, 0.1) is 17.5 Å². The average molecular weight is 262 g/mol. The number of rotatable bonds is 6. The maximum atomic E-state index is 12.4. The Kier molecular flexibility index (Phi) is 5.11. The molecule has 0 unspecified atom stereocenters. The van der Waals surface area contributed by atoms with Crippen LogP contribution in [0.2, 0.25) is 0 Å². The largest absolute Gasteiger partial charge is 0.322 e. The van der Waals surface area contributed by atoms with Crippen molar-refractivity contribution < 1.29 is 4.79 Å². The van der Waals surface area contributed by atoms with Crippen LogP contribution in [0.15, 0.2) is 6.20 Å². The number of hydrogen-bond donors (Lipinski definition) is 1. The summed E-state index contributed by atoms with van der Waals surface area (Å²) in [5.74, 6) is -0.213. The molecule has 0 aliphatic heterocycles. The van der Waals surface area contributed by atoms with Crippen LogP contribution in [0.3, 0.4) is 0 Å². The van der Waals surface area contributed by atoms with Crippen molar-refractivity contribution in [2.45, 2.75) is 46.5 Å². The standard InChI is InChI=1S/C14H22N4O/c1-5-7-14(10-15,8-6-2)13(19)16-12-9-18(4)17-11(12)3/h9H,5-8H2,1-4H3,(H,16,19). The third-order valence-electron chi connectivity index (χ3n) is 3.26. The van der Waals surface area contributed by atoms with E-state index in [0.717, 1.165) is 18.5 Å². The summed E-state index contributed by atoms with van der Waals surface area (Å²) in [7, 11) is 1.80. The molecule has 0 radical (unpaired) electrons. The van der Waals surface area contributed by atoms with Gasteiger partial charge in [0.15, 0.2) is 0 Å². The second-order valence-electron chi connectivity index (χ2n) is 4.95. The summed E-state index contributed by atoms with van der Waals surface area (Å²) >= 11 is 0. The smallest absolute Gasteiger partial charge is 0.244 e. The first-order valence-corrected chi connectivity index (χ1v) is 6.72. The Hall–Kier alpha value is -1.83. The van der Waals surface area contributed by atoms with Gasteiger partial charge in [-0.05, 0) is 19.8 Å². The van der Waals surface area contributed by atoms with Gasteiger partial charge in [-0.2, -0.15) is 10.4 Å². The fourth-order valence-corrected chi connectivity index (χ4v) is 2.33. The molecule has 1 N–H and O–H groups in total. The minimum atomic E-state index is -0.925. The Morgan fingerprint density at radius 2 is 2.05 bits per heavy atom. The maximum Gasteiger partial charge on any atom is 0.244 e. The van der Waals surface area contributed by atoms with Crippen molar-refractivity contribution >= 4 is 11.6 Å². The highest BCUT2D eigenvalue weighted by Crippen LogP contribution is 2.31. The molecule has 0 atom stereocenters. The molecule has 5 nitrogen and oxygen atoms in total. The van der Waals surface area contributed by atoms with Crippen molar-refractivity contribution in [2.24, 2.45) is 12.5 Å². The highest BCUT2D eigenvalue weighted by molar-refractivity contribution is 5.97. The minimum Gasteiger partial charge on any atom is -0.322 e. The predicted octanol–water partition coefficient (Wildman–Crippen LogP) is 2.78. The third-order valence-corrected chi connectivity index (χ3v) is 3.26. The lowest BCUT2D eigenvalue weighted by Gasteiger charge is -2.24. The molecule has 19 heavy (non-hydrogen) atoms. The van der Waals surface area contributed by atoms with E-state index in [1.807, 2.05) is 20.8 Å². The van der Waals surface area contributed by atoms with Crippen molar-refractivity contribution in [3.05, 3.63) is 11.9 Å². The van der Waals surface area contributed by atoms with Crippen LogP contribution in [0.1, 0.15) is 45.2 Å². The zero-order chi connectivity index (χ0) is 14.5. The lowest BCUT2D eigenvalue weighted by Crippen LogP contribution is -2.35. The van der Waals surface area contributed by atoms with Crippen LogP contribution in [0.4, 0.5) is 5.69 Å². The second kappa shape index (κ2) is 6.37. The van der Waals surface area contributed by atoms with E-state index in [0.29, 0.717) is 18.5 Å². The van der Waals surface area contributed by atoms with E-state index in [1.165, 1.54) is 0 Å². The van der Waals surface area contributed by atoms with E-state index in [2.05, 4.69) is 16.5 Å². The number of carbonyl (C=O) groups is 1.